The topological polar surface area (TPSA) is 12.0 Å². The van der Waals surface area contributed by atoms with Crippen molar-refractivity contribution in [1.29, 1.82) is 0 Å². The molecule has 0 aliphatic rings. The predicted octanol–water partition coefficient (Wildman–Crippen LogP) is 5.70. The quantitative estimate of drug-likeness (QED) is 0.667. The fourth-order valence-electron chi connectivity index (χ4n) is 2.05. The zero-order chi connectivity index (χ0) is 14.7. The Morgan fingerprint density at radius 3 is 2.60 bits per heavy atom. The van der Waals surface area contributed by atoms with Crippen molar-refractivity contribution in [3.05, 3.63) is 67.3 Å². The molecule has 20 heavy (non-hydrogen) atoms. The van der Waals surface area contributed by atoms with Crippen molar-refractivity contribution in [3.8, 4) is 0 Å². The van der Waals surface area contributed by atoms with E-state index < -0.39 is 0 Å². The number of nitrogens with one attached hydrogen (secondary N) is 1. The van der Waals surface area contributed by atoms with Gasteiger partial charge >= 0.3 is 0 Å². The predicted molar refractivity (Wildman–Crippen MR) is 88.8 cm³/mol. The number of benzene rings is 2. The van der Waals surface area contributed by atoms with Crippen LogP contribution in [0, 0.1) is 5.82 Å². The summed E-state index contributed by atoms with van der Waals surface area (Å²) in [6.45, 7) is 2.72. The molecule has 0 fully saturated rings. The Labute approximate surface area is 139 Å². The molecule has 0 radical (unpaired) electrons. The Bertz CT molecular complexity index is 619. The van der Waals surface area contributed by atoms with Gasteiger partial charge < -0.3 is 5.32 Å². The molecule has 2 aromatic rings. The molecule has 0 amide bonds. The Hall–Kier alpha value is -0.420. The highest BCUT2D eigenvalue weighted by Gasteiger charge is 2.19. The molecule has 1 unspecified atom stereocenters. The third-order valence-electron chi connectivity index (χ3n) is 2.98. The van der Waals surface area contributed by atoms with E-state index in [1.54, 1.807) is 12.1 Å². The monoisotopic (exact) mass is 419 g/mol. The van der Waals surface area contributed by atoms with Crippen molar-refractivity contribution in [2.75, 3.05) is 6.54 Å². The van der Waals surface area contributed by atoms with Crippen LogP contribution in [0.25, 0.3) is 0 Å². The van der Waals surface area contributed by atoms with Crippen LogP contribution in [0.2, 0.25) is 5.02 Å². The smallest absolute Gasteiger partial charge is 0.142 e. The average molecular weight is 422 g/mol. The molecule has 5 heteroatoms. The van der Waals surface area contributed by atoms with Crippen molar-refractivity contribution in [2.45, 2.75) is 13.0 Å². The molecular formula is C15H13Br2ClFN. The Morgan fingerprint density at radius 1 is 1.20 bits per heavy atom. The molecule has 0 heterocycles. The van der Waals surface area contributed by atoms with Crippen LogP contribution in [0.3, 0.4) is 0 Å². The SMILES string of the molecule is CCNC(c1ccc(Br)c(Cl)c1)c1cccc(Br)c1F. The summed E-state index contributed by atoms with van der Waals surface area (Å²) in [5, 5.41) is 3.91. The lowest BCUT2D eigenvalue weighted by Gasteiger charge is -2.20. The number of rotatable bonds is 4. The molecule has 0 aliphatic heterocycles. The van der Waals surface area contributed by atoms with Gasteiger partial charge in [0.1, 0.15) is 5.82 Å². The first-order valence-corrected chi connectivity index (χ1v) is 8.13. The van der Waals surface area contributed by atoms with Gasteiger partial charge in [0.05, 0.1) is 15.5 Å². The second-order valence-corrected chi connectivity index (χ2v) is 6.42. The molecule has 2 rings (SSSR count). The van der Waals surface area contributed by atoms with Gasteiger partial charge in [-0.15, -0.1) is 0 Å². The molecule has 106 valence electrons. The maximum atomic E-state index is 14.3. The van der Waals surface area contributed by atoms with Gasteiger partial charge in [0.15, 0.2) is 0 Å². The standard InChI is InChI=1S/C15H13Br2ClFN/c1-2-20-15(9-6-7-11(16)13(18)8-9)10-4-3-5-12(17)14(10)19/h3-8,15,20H,2H2,1H3. The maximum absolute atomic E-state index is 14.3. The fraction of sp³-hybridized carbons (Fsp3) is 0.200. The first-order chi connectivity index (χ1) is 9.54. The highest BCUT2D eigenvalue weighted by Crippen LogP contribution is 2.32. The molecule has 1 N–H and O–H groups in total. The largest absolute Gasteiger partial charge is 0.306 e. The summed E-state index contributed by atoms with van der Waals surface area (Å²) in [4.78, 5) is 0. The van der Waals surface area contributed by atoms with Crippen LogP contribution in [-0.4, -0.2) is 6.54 Å². The van der Waals surface area contributed by atoms with E-state index in [4.69, 9.17) is 11.6 Å². The average Bonchev–Trinajstić information content (AvgIpc) is 2.43. The number of hydrogen-bond donors (Lipinski definition) is 1. The van der Waals surface area contributed by atoms with Gasteiger partial charge in [-0.3, -0.25) is 0 Å². The van der Waals surface area contributed by atoms with Gasteiger partial charge in [0.2, 0.25) is 0 Å². The minimum absolute atomic E-state index is 0.233. The van der Waals surface area contributed by atoms with Gasteiger partial charge in [-0.1, -0.05) is 36.7 Å². The third kappa shape index (κ3) is 3.42. The fourth-order valence-corrected chi connectivity index (χ4v) is 2.86. The second kappa shape index (κ2) is 7.03. The number of hydrogen-bond acceptors (Lipinski definition) is 1. The highest BCUT2D eigenvalue weighted by molar-refractivity contribution is 9.10. The summed E-state index contributed by atoms with van der Waals surface area (Å²) in [5.74, 6) is -0.252. The summed E-state index contributed by atoms with van der Waals surface area (Å²) in [6, 6.07) is 10.7. The first kappa shape index (κ1) is 16.0. The lowest BCUT2D eigenvalue weighted by molar-refractivity contribution is 0.555. The molecular weight excluding hydrogens is 408 g/mol. The van der Waals surface area contributed by atoms with Gasteiger partial charge in [0, 0.05) is 10.0 Å². The van der Waals surface area contributed by atoms with Gasteiger partial charge in [0.25, 0.3) is 0 Å². The first-order valence-electron chi connectivity index (χ1n) is 6.16. The Kier molecular flexibility index (Phi) is 5.61. The summed E-state index contributed by atoms with van der Waals surface area (Å²) >= 11 is 12.7. The Balaban J connectivity index is 2.50. The molecule has 0 saturated carbocycles. The third-order valence-corrected chi connectivity index (χ3v) is 4.82. The molecule has 0 saturated heterocycles. The van der Waals surface area contributed by atoms with Crippen LogP contribution in [0.5, 0.6) is 0 Å². The van der Waals surface area contributed by atoms with Crippen molar-refractivity contribution >= 4 is 43.5 Å². The van der Waals surface area contributed by atoms with Crippen molar-refractivity contribution in [3.63, 3.8) is 0 Å². The second-order valence-electron chi connectivity index (χ2n) is 4.31. The summed E-state index contributed by atoms with van der Waals surface area (Å²) < 4.78 is 15.6. The Morgan fingerprint density at radius 2 is 1.95 bits per heavy atom. The van der Waals surface area contributed by atoms with Crippen LogP contribution in [-0.2, 0) is 0 Å². The molecule has 0 aliphatic carbocycles. The summed E-state index contributed by atoms with van der Waals surface area (Å²) in [6.07, 6.45) is 0. The summed E-state index contributed by atoms with van der Waals surface area (Å²) in [7, 11) is 0. The minimum Gasteiger partial charge on any atom is -0.306 e. The molecule has 0 spiro atoms. The van der Waals surface area contributed by atoms with Gasteiger partial charge in [-0.05, 0) is 62.2 Å². The normalized spacial score (nSPS) is 12.4. The maximum Gasteiger partial charge on any atom is 0.142 e. The van der Waals surface area contributed by atoms with E-state index in [1.165, 1.54) is 0 Å². The molecule has 2 aromatic carbocycles. The van der Waals surface area contributed by atoms with E-state index in [-0.39, 0.29) is 11.9 Å². The van der Waals surface area contributed by atoms with Crippen molar-refractivity contribution in [1.82, 2.24) is 5.32 Å². The molecule has 1 nitrogen and oxygen atoms in total. The van der Waals surface area contributed by atoms with E-state index in [1.807, 2.05) is 31.2 Å². The molecule has 1 atom stereocenters. The highest BCUT2D eigenvalue weighted by atomic mass is 79.9. The molecule has 0 aromatic heterocycles. The van der Waals surface area contributed by atoms with Crippen LogP contribution < -0.4 is 5.32 Å². The minimum atomic E-state index is -0.252. The van der Waals surface area contributed by atoms with E-state index in [0.717, 1.165) is 16.6 Å². The van der Waals surface area contributed by atoms with E-state index in [0.29, 0.717) is 15.1 Å². The zero-order valence-corrected chi connectivity index (χ0v) is 14.7. The summed E-state index contributed by atoms with van der Waals surface area (Å²) in [5.41, 5.74) is 1.52. The lowest BCUT2D eigenvalue weighted by atomic mass is 9.98. The van der Waals surface area contributed by atoms with Gasteiger partial charge in [-0.25, -0.2) is 4.39 Å². The van der Waals surface area contributed by atoms with Crippen molar-refractivity contribution in [2.24, 2.45) is 0 Å². The van der Waals surface area contributed by atoms with E-state index in [2.05, 4.69) is 37.2 Å². The zero-order valence-electron chi connectivity index (χ0n) is 10.8. The molecule has 0 bridgehead atoms. The van der Waals surface area contributed by atoms with Crippen LogP contribution in [0.1, 0.15) is 24.1 Å². The van der Waals surface area contributed by atoms with Gasteiger partial charge in [-0.2, -0.15) is 0 Å². The van der Waals surface area contributed by atoms with Crippen LogP contribution >= 0.6 is 43.5 Å². The van der Waals surface area contributed by atoms with Crippen LogP contribution in [0.4, 0.5) is 4.39 Å². The van der Waals surface area contributed by atoms with Crippen molar-refractivity contribution < 1.29 is 4.39 Å². The van der Waals surface area contributed by atoms with Crippen LogP contribution in [0.15, 0.2) is 45.3 Å². The number of halogens is 4. The lowest BCUT2D eigenvalue weighted by Crippen LogP contribution is -2.23. The van der Waals surface area contributed by atoms with E-state index >= 15 is 0 Å². The van der Waals surface area contributed by atoms with E-state index in [9.17, 15) is 4.39 Å².